The predicted molar refractivity (Wildman–Crippen MR) is 81.3 cm³/mol. The highest BCUT2D eigenvalue weighted by Gasteiger charge is 2.22. The van der Waals surface area contributed by atoms with Gasteiger partial charge in [0.05, 0.1) is 0 Å². The van der Waals surface area contributed by atoms with Gasteiger partial charge in [-0.15, -0.1) is 0 Å². The average molecular weight is 274 g/mol. The molecule has 2 aromatic rings. The van der Waals surface area contributed by atoms with E-state index in [1.54, 1.807) is 38.5 Å². The van der Waals surface area contributed by atoms with Gasteiger partial charge < -0.3 is 14.9 Å². The number of ether oxygens (including phenoxy) is 1. The maximum absolute atomic E-state index is 9.30. The van der Waals surface area contributed by atoms with E-state index in [0.29, 0.717) is 0 Å². The van der Waals surface area contributed by atoms with Gasteiger partial charge in [-0.05, 0) is 35.4 Å². The number of rotatable bonds is 2. The summed E-state index contributed by atoms with van der Waals surface area (Å²) in [6.07, 6.45) is 0. The molecule has 0 spiro atoms. The molecule has 3 heteroatoms. The van der Waals surface area contributed by atoms with Crippen molar-refractivity contribution in [2.24, 2.45) is 0 Å². The summed E-state index contributed by atoms with van der Waals surface area (Å²) in [5.74, 6) is 0.547. The minimum Gasteiger partial charge on any atom is -0.508 e. The average Bonchev–Trinajstić information content (AvgIpc) is 2.40. The minimum atomic E-state index is -0.151. The number of hydrogen-bond acceptors (Lipinski definition) is 3. The van der Waals surface area contributed by atoms with Crippen LogP contribution in [0.25, 0.3) is 0 Å². The van der Waals surface area contributed by atoms with Gasteiger partial charge in [-0.1, -0.05) is 38.1 Å². The topological polar surface area (TPSA) is 49.7 Å². The first-order valence-corrected chi connectivity index (χ1v) is 6.41. The van der Waals surface area contributed by atoms with Gasteiger partial charge in [0.2, 0.25) is 0 Å². The Morgan fingerprint density at radius 2 is 0.950 bits per heavy atom. The van der Waals surface area contributed by atoms with Crippen molar-refractivity contribution in [2.45, 2.75) is 19.3 Å². The Morgan fingerprint density at radius 1 is 0.700 bits per heavy atom. The van der Waals surface area contributed by atoms with Crippen LogP contribution in [-0.4, -0.2) is 24.4 Å². The van der Waals surface area contributed by atoms with Gasteiger partial charge in [0.1, 0.15) is 11.5 Å². The molecule has 0 aliphatic rings. The molecule has 20 heavy (non-hydrogen) atoms. The van der Waals surface area contributed by atoms with Crippen molar-refractivity contribution >= 4 is 0 Å². The highest BCUT2D eigenvalue weighted by molar-refractivity contribution is 5.41. The Morgan fingerprint density at radius 3 is 1.20 bits per heavy atom. The van der Waals surface area contributed by atoms with Crippen LogP contribution in [0.3, 0.4) is 0 Å². The van der Waals surface area contributed by atoms with Gasteiger partial charge in [0.15, 0.2) is 0 Å². The number of hydrogen-bond donors (Lipinski definition) is 2. The van der Waals surface area contributed by atoms with Crippen LogP contribution in [0, 0.1) is 0 Å². The lowest BCUT2D eigenvalue weighted by atomic mass is 9.78. The van der Waals surface area contributed by atoms with Crippen molar-refractivity contribution in [1.29, 1.82) is 0 Å². The summed E-state index contributed by atoms with van der Waals surface area (Å²) in [5.41, 5.74) is 2.10. The zero-order valence-electron chi connectivity index (χ0n) is 12.4. The maximum Gasteiger partial charge on any atom is 0.115 e. The first-order valence-electron chi connectivity index (χ1n) is 6.41. The van der Waals surface area contributed by atoms with Gasteiger partial charge >= 0.3 is 0 Å². The van der Waals surface area contributed by atoms with Crippen LogP contribution < -0.4 is 0 Å². The van der Waals surface area contributed by atoms with Crippen molar-refractivity contribution < 1.29 is 14.9 Å². The number of phenolic OH excluding ortho intramolecular Hbond substituents is 2. The summed E-state index contributed by atoms with van der Waals surface area (Å²) in [7, 11) is 3.25. The lowest BCUT2D eigenvalue weighted by molar-refractivity contribution is 0.277. The van der Waals surface area contributed by atoms with Crippen LogP contribution in [0.5, 0.6) is 11.5 Å². The molecule has 0 radical (unpaired) electrons. The highest BCUT2D eigenvalue weighted by Crippen LogP contribution is 2.32. The summed E-state index contributed by atoms with van der Waals surface area (Å²) >= 11 is 0. The summed E-state index contributed by atoms with van der Waals surface area (Å²) in [6, 6.07) is 14.4. The molecule has 108 valence electrons. The van der Waals surface area contributed by atoms with Crippen LogP contribution in [0.2, 0.25) is 0 Å². The van der Waals surface area contributed by atoms with Crippen molar-refractivity contribution in [2.75, 3.05) is 14.2 Å². The van der Waals surface area contributed by atoms with Crippen LogP contribution >= 0.6 is 0 Å². The summed E-state index contributed by atoms with van der Waals surface area (Å²) in [6.45, 7) is 4.23. The fraction of sp³-hybridized carbons (Fsp3) is 0.294. The van der Waals surface area contributed by atoms with E-state index in [1.165, 1.54) is 0 Å². The predicted octanol–water partition coefficient (Wildman–Crippen LogP) is 3.69. The lowest BCUT2D eigenvalue weighted by Gasteiger charge is -2.26. The van der Waals surface area contributed by atoms with Gasteiger partial charge in [-0.3, -0.25) is 0 Å². The van der Waals surface area contributed by atoms with E-state index >= 15 is 0 Å². The molecule has 0 atom stereocenters. The second-order valence-electron chi connectivity index (χ2n) is 5.13. The van der Waals surface area contributed by atoms with E-state index in [0.717, 1.165) is 11.1 Å². The minimum absolute atomic E-state index is 0.151. The maximum atomic E-state index is 9.30. The largest absolute Gasteiger partial charge is 0.508 e. The number of benzene rings is 2. The number of phenols is 2. The highest BCUT2D eigenvalue weighted by atomic mass is 16.4. The van der Waals surface area contributed by atoms with Gasteiger partial charge in [-0.25, -0.2) is 0 Å². The Hall–Kier alpha value is -2.00. The SMILES string of the molecule is CC(C)(c1ccc(O)cc1)c1ccc(O)cc1.COC. The second kappa shape index (κ2) is 6.96. The van der Waals surface area contributed by atoms with Gasteiger partial charge in [0.25, 0.3) is 0 Å². The molecule has 2 aromatic carbocycles. The zero-order chi connectivity index (χ0) is 15.2. The fourth-order valence-electron chi connectivity index (χ4n) is 1.92. The van der Waals surface area contributed by atoms with E-state index < -0.39 is 0 Å². The van der Waals surface area contributed by atoms with Crippen LogP contribution in [0.4, 0.5) is 0 Å². The standard InChI is InChI=1S/C15H16O2.C2H6O/c1-15(2,11-3-7-13(16)8-4-11)12-5-9-14(17)10-6-12;1-3-2/h3-10,16-17H,1-2H3;1-2H3. The van der Waals surface area contributed by atoms with Gasteiger partial charge in [-0.2, -0.15) is 0 Å². The molecule has 0 saturated heterocycles. The second-order valence-corrected chi connectivity index (χ2v) is 5.13. The molecule has 0 fully saturated rings. The van der Waals surface area contributed by atoms with E-state index in [-0.39, 0.29) is 16.9 Å². The molecule has 3 nitrogen and oxygen atoms in total. The number of methoxy groups -OCH3 is 1. The monoisotopic (exact) mass is 274 g/mol. The fourth-order valence-corrected chi connectivity index (χ4v) is 1.92. The van der Waals surface area contributed by atoms with Crippen LogP contribution in [0.15, 0.2) is 48.5 Å². The van der Waals surface area contributed by atoms with E-state index in [4.69, 9.17) is 0 Å². The molecule has 2 N–H and O–H groups in total. The van der Waals surface area contributed by atoms with Crippen LogP contribution in [0.1, 0.15) is 25.0 Å². The molecular weight excluding hydrogens is 252 g/mol. The molecule has 0 aliphatic carbocycles. The molecular formula is C17H22O3. The first-order chi connectivity index (χ1) is 9.41. The first kappa shape index (κ1) is 16.1. The quantitative estimate of drug-likeness (QED) is 0.878. The van der Waals surface area contributed by atoms with Crippen molar-refractivity contribution in [3.05, 3.63) is 59.7 Å². The molecule has 0 aliphatic heterocycles. The molecule has 0 saturated carbocycles. The van der Waals surface area contributed by atoms with Crippen molar-refractivity contribution in [3.63, 3.8) is 0 Å². The van der Waals surface area contributed by atoms with Crippen molar-refractivity contribution in [1.82, 2.24) is 0 Å². The molecule has 0 heterocycles. The van der Waals surface area contributed by atoms with Crippen molar-refractivity contribution in [3.8, 4) is 11.5 Å². The molecule has 2 rings (SSSR count). The van der Waals surface area contributed by atoms with E-state index in [2.05, 4.69) is 18.6 Å². The van der Waals surface area contributed by atoms with E-state index in [9.17, 15) is 10.2 Å². The van der Waals surface area contributed by atoms with Crippen LogP contribution in [-0.2, 0) is 10.2 Å². The van der Waals surface area contributed by atoms with E-state index in [1.807, 2.05) is 24.3 Å². The normalized spacial score (nSPS) is 10.6. The van der Waals surface area contributed by atoms with Gasteiger partial charge in [0, 0.05) is 19.6 Å². The third kappa shape index (κ3) is 4.00. The Labute approximate surface area is 120 Å². The molecule has 0 aromatic heterocycles. The summed E-state index contributed by atoms with van der Waals surface area (Å²) in [5, 5.41) is 18.6. The molecule has 0 unspecified atom stereocenters. The number of aromatic hydroxyl groups is 2. The molecule has 0 bridgehead atoms. The third-order valence-electron chi connectivity index (χ3n) is 3.18. The zero-order valence-corrected chi connectivity index (χ0v) is 12.4. The Kier molecular flexibility index (Phi) is 5.59. The smallest absolute Gasteiger partial charge is 0.115 e. The summed E-state index contributed by atoms with van der Waals surface area (Å²) in [4.78, 5) is 0. The molecule has 0 amide bonds. The summed E-state index contributed by atoms with van der Waals surface area (Å²) < 4.78 is 4.25. The Bertz CT molecular complexity index is 465. The Balaban J connectivity index is 0.000000612. The lowest BCUT2D eigenvalue weighted by Crippen LogP contribution is -2.18. The third-order valence-corrected chi connectivity index (χ3v) is 3.18.